The molecule has 0 unspecified atom stereocenters. The number of pyridine rings is 16. The molecule has 0 saturated carbocycles. The smallest absolute Gasteiger partial charge is 0.294 e. The summed E-state index contributed by atoms with van der Waals surface area (Å²) in [4.78, 5) is 165. The molecule has 0 aliphatic rings. The van der Waals surface area contributed by atoms with E-state index in [0.717, 1.165) is 108 Å². The van der Waals surface area contributed by atoms with Gasteiger partial charge in [0.15, 0.2) is 69.1 Å². The Hall–Kier alpha value is -18.8. The Morgan fingerprint density at radius 3 is 1.34 bits per heavy atom. The topological polar surface area (TPSA) is 638 Å². The van der Waals surface area contributed by atoms with Gasteiger partial charge in [0.05, 0.1) is 55.0 Å². The highest BCUT2D eigenvalue weighted by atomic mass is 35.5. The molecule has 21 N–H and O–H groups in total. The third-order valence-electron chi connectivity index (χ3n) is 20.8. The van der Waals surface area contributed by atoms with Crippen LogP contribution in [0, 0.1) is 18.6 Å². The molecule has 0 aliphatic heterocycles. The number of benzene rings is 6. The molecule has 44 heteroatoms. The number of aromatic hydroxyl groups is 11. The van der Waals surface area contributed by atoms with Gasteiger partial charge in [-0.1, -0.05) is 115 Å². The lowest BCUT2D eigenvalue weighted by atomic mass is 10.1. The highest BCUT2D eigenvalue weighted by Crippen LogP contribution is 2.30. The second-order valence-electron chi connectivity index (χ2n) is 30.5. The number of hydrogen-bond acceptors (Lipinski definition) is 27. The molecule has 0 amide bonds. The van der Waals surface area contributed by atoms with Crippen molar-refractivity contribution in [3.8, 4) is 63.2 Å². The molecule has 22 aromatic rings. The molecular weight excluding hydrogens is 1960 g/mol. The lowest BCUT2D eigenvalue weighted by Crippen LogP contribution is -2.16. The molecule has 0 fully saturated rings. The number of nitrogens with zero attached hydrogens (tertiary/aromatic N) is 6. The Balaban J connectivity index is 0.000000141. The fraction of sp³-hybridized carbons (Fsp3) is 0.0600. The number of halogens is 6. The molecule has 0 bridgehead atoms. The van der Waals surface area contributed by atoms with Gasteiger partial charge in [0.1, 0.15) is 22.8 Å². The summed E-state index contributed by atoms with van der Waals surface area (Å²) >= 11 is 22.8. The zero-order chi connectivity index (χ0) is 104. The number of aryl methyl sites for hydroxylation is 4. The summed E-state index contributed by atoms with van der Waals surface area (Å²) in [5.41, 5.74) is 4.09. The van der Waals surface area contributed by atoms with Gasteiger partial charge < -0.3 is 106 Å². The van der Waals surface area contributed by atoms with Crippen molar-refractivity contribution in [1.29, 1.82) is 0 Å². The quantitative estimate of drug-likeness (QED) is 0.0764. The Labute approximate surface area is 822 Å². The summed E-state index contributed by atoms with van der Waals surface area (Å²) in [7, 11) is 1.58. The number of aromatic nitrogens is 16. The van der Waals surface area contributed by atoms with Crippen molar-refractivity contribution in [3.05, 3.63) is 412 Å². The van der Waals surface area contributed by atoms with E-state index in [1.807, 2.05) is 68.4 Å². The van der Waals surface area contributed by atoms with Gasteiger partial charge in [0.25, 0.3) is 61.2 Å². The van der Waals surface area contributed by atoms with Crippen LogP contribution in [0.5, 0.6) is 63.2 Å². The van der Waals surface area contributed by atoms with Gasteiger partial charge in [-0.15, -0.1) is 0 Å². The van der Waals surface area contributed by atoms with Gasteiger partial charge in [0, 0.05) is 119 Å². The Morgan fingerprint density at radius 2 is 0.736 bits per heavy atom. The van der Waals surface area contributed by atoms with Crippen LogP contribution >= 0.6 is 46.4 Å². The first-order valence-corrected chi connectivity index (χ1v) is 43.6. The molecule has 16 heterocycles. The Bertz CT molecular complexity index is 9020. The second-order valence-corrected chi connectivity index (χ2v) is 32.1. The summed E-state index contributed by atoms with van der Waals surface area (Å²) < 4.78 is 27.2. The van der Waals surface area contributed by atoms with Crippen LogP contribution in [0.1, 0.15) is 30.5 Å². The number of H-pyrrole nitrogens is 10. The zero-order valence-electron chi connectivity index (χ0n) is 74.9. The van der Waals surface area contributed by atoms with E-state index < -0.39 is 84.3 Å². The molecule has 144 heavy (non-hydrogen) atoms. The summed E-state index contributed by atoms with van der Waals surface area (Å²) in [5.74, 6) is -4.65. The largest absolute Gasteiger partial charge is 0.503 e. The van der Waals surface area contributed by atoms with E-state index in [4.69, 9.17) is 82.1 Å². The van der Waals surface area contributed by atoms with Crippen LogP contribution in [-0.2, 0) is 19.9 Å². The van der Waals surface area contributed by atoms with E-state index >= 15 is 0 Å². The molecule has 0 radical (unpaired) electrons. The number of fused-ring (bicyclic) bond motifs is 11. The highest BCUT2D eigenvalue weighted by Gasteiger charge is 2.15. The third kappa shape index (κ3) is 25.8. The molecule has 16 aromatic heterocycles. The highest BCUT2D eigenvalue weighted by molar-refractivity contribution is 6.36. The normalized spacial score (nSPS) is 10.5. The van der Waals surface area contributed by atoms with Crippen LogP contribution < -0.4 is 61.2 Å². The fourth-order valence-corrected chi connectivity index (χ4v) is 14.2. The SMILES string of the molecule is CCc1ccc2cc(O)c(=O)[nH]c2c1.CCc1cccc2[nH]c(=O)c(O)cc12.Cc1cccc2[nH]c(=O)c(O)cc12.Cn1c(=O)c(O)cc2cccnc21.O=c1[nH]c2c(Cl)cccc2cc1O.O=c1[nH]c2cc(Cl)ccc2cc1O.O=c1[nH]c2ccc(F)c(Cl)c2cc1O.O=c1[nH]c2ccncc2cc1O.O=c1[nH]c2cnccc2cc1O.O=c1[nH]c2ncc(F)c(Cl)c2cc1O.O=c1[nH]c2ncccc2cc1O. The van der Waals surface area contributed by atoms with Gasteiger partial charge in [-0.05, 0) is 188 Å². The van der Waals surface area contributed by atoms with Gasteiger partial charge in [-0.2, -0.15) is 0 Å². The monoisotopic (exact) mass is 2030 g/mol. The minimum atomic E-state index is -0.703. The van der Waals surface area contributed by atoms with E-state index in [9.17, 15) is 81.9 Å². The first-order chi connectivity index (χ1) is 68.6. The number of aromatic amines is 10. The Morgan fingerprint density at radius 1 is 0.306 bits per heavy atom. The van der Waals surface area contributed by atoms with E-state index in [1.165, 1.54) is 77.0 Å². The van der Waals surface area contributed by atoms with Crippen molar-refractivity contribution in [2.45, 2.75) is 33.6 Å². The van der Waals surface area contributed by atoms with Crippen molar-refractivity contribution < 1.29 is 65.0 Å². The summed E-state index contributed by atoms with van der Waals surface area (Å²) in [5, 5.41) is 109. The molecule has 38 nitrogen and oxygen atoms in total. The van der Waals surface area contributed by atoms with Crippen molar-refractivity contribution in [2.24, 2.45) is 7.05 Å². The van der Waals surface area contributed by atoms with Crippen molar-refractivity contribution in [3.63, 3.8) is 0 Å². The third-order valence-corrected chi connectivity index (χ3v) is 22.1. The molecule has 0 aliphatic carbocycles. The number of rotatable bonds is 2. The lowest BCUT2D eigenvalue weighted by molar-refractivity contribution is 0.463. The van der Waals surface area contributed by atoms with E-state index in [2.05, 4.69) is 81.7 Å². The van der Waals surface area contributed by atoms with Gasteiger partial charge in [0.2, 0.25) is 0 Å². The molecule has 732 valence electrons. The van der Waals surface area contributed by atoms with Crippen molar-refractivity contribution >= 4 is 167 Å². The molecule has 6 aromatic carbocycles. The predicted molar refractivity (Wildman–Crippen MR) is 546 cm³/mol. The van der Waals surface area contributed by atoms with E-state index in [-0.39, 0.29) is 78.2 Å². The van der Waals surface area contributed by atoms with E-state index in [0.29, 0.717) is 54.3 Å². The van der Waals surface area contributed by atoms with Gasteiger partial charge in [-0.3, -0.25) is 67.3 Å². The first-order valence-electron chi connectivity index (χ1n) is 42.1. The van der Waals surface area contributed by atoms with Gasteiger partial charge in [-0.25, -0.2) is 23.7 Å². The van der Waals surface area contributed by atoms with E-state index in [1.54, 1.807) is 111 Å². The average Bonchev–Trinajstić information content (AvgIpc) is 0.805. The summed E-state index contributed by atoms with van der Waals surface area (Å²) in [6, 6.07) is 55.5. The summed E-state index contributed by atoms with van der Waals surface area (Å²) in [6.45, 7) is 6.02. The lowest BCUT2D eigenvalue weighted by Gasteiger charge is -2.03. The summed E-state index contributed by atoms with van der Waals surface area (Å²) in [6.07, 6.45) is 12.2. The molecule has 0 spiro atoms. The van der Waals surface area contributed by atoms with Crippen LogP contribution in [0.2, 0.25) is 20.1 Å². The average molecular weight is 2040 g/mol. The minimum absolute atomic E-state index is 0.117. The van der Waals surface area contributed by atoms with Crippen LogP contribution in [0.3, 0.4) is 0 Å². The van der Waals surface area contributed by atoms with Crippen molar-refractivity contribution in [2.75, 3.05) is 0 Å². The number of hydrogen-bond donors (Lipinski definition) is 21. The van der Waals surface area contributed by atoms with Crippen LogP contribution in [-0.4, -0.2) is 135 Å². The minimum Gasteiger partial charge on any atom is -0.503 e. The second kappa shape index (κ2) is 46.6. The Kier molecular flexibility index (Phi) is 33.7. The molecule has 0 saturated heterocycles. The van der Waals surface area contributed by atoms with Gasteiger partial charge >= 0.3 is 0 Å². The zero-order valence-corrected chi connectivity index (χ0v) is 78.0. The predicted octanol–water partition coefficient (Wildman–Crippen LogP) is 14.9. The maximum atomic E-state index is 13.0. The standard InChI is InChI=1S/2C11H11NO2.C10H9NO2.C9H5ClFNO2.2C9H6ClNO2.C9H8N2O2.C8H4ClFN2O2.3C8H6N2O2/c1-2-7-3-4-8-6-10(13)11(14)12-9(8)5-7;1-2-7-4-3-5-9-8(7)6-10(13)11(14)12-9;1-6-3-2-4-8-7(6)5-9(12)10(13)11-8;10-8-4-3-7(13)9(14)12-6(4)2-1-5(8)11;10-6-2-1-5-3-8(12)9(13)11-7(5)4-6;10-6-3-1-2-5-4-7(12)9(13)11-8(5)6;1-11-8-6(3-2-4-10-8)5-7(12)9(11)13;9-6-3-1-5(13)8(14)12-7(3)11-2-4(6)10;11-7-3-5-4-9-2-1-6(5)10-8(7)12;11-7-3-5-1-2-9-4-6(5)10-8(7)12;11-6-4-5-2-1-3-9-7(5)10-8(6)12/h2*3-6,13H,2H2,1H3,(H,12,14);2-5,12H,1H3,(H,11,13);1-3,13H,(H,12,14);2*1-4,12H,(H,11,13);2-5,12H,1H3;1-2,13H,(H,11,12,14);2*1-4,11H,(H,10,12);1-4,11H,(H,9,10,12). The number of para-hydroxylation sites is 1. The van der Waals surface area contributed by atoms with Crippen LogP contribution in [0.4, 0.5) is 8.78 Å². The first kappa shape index (κ1) is 104. The van der Waals surface area contributed by atoms with Crippen molar-refractivity contribution in [1.82, 2.24) is 79.3 Å². The van der Waals surface area contributed by atoms with Crippen LogP contribution in [0.15, 0.2) is 302 Å². The maximum Gasteiger partial charge on any atom is 0.294 e. The molecule has 0 atom stereocenters. The number of nitrogens with one attached hydrogen (secondary N) is 10. The molecule has 22 rings (SSSR count). The maximum absolute atomic E-state index is 13.0. The van der Waals surface area contributed by atoms with Crippen LogP contribution in [0.25, 0.3) is 120 Å². The molecular formula is C100H78Cl4F2N16O22. The fourth-order valence-electron chi connectivity index (χ4n) is 13.4.